The Morgan fingerprint density at radius 3 is 2.71 bits per heavy atom. The molecule has 0 saturated heterocycles. The molecule has 0 heterocycles. The summed E-state index contributed by atoms with van der Waals surface area (Å²) in [5, 5.41) is 3.07. The monoisotopic (exact) mass is 344 g/mol. The van der Waals surface area contributed by atoms with Crippen LogP contribution in [0.25, 0.3) is 0 Å². The lowest BCUT2D eigenvalue weighted by molar-refractivity contribution is 0.0933. The molecule has 1 aliphatic rings. The molecule has 24 heavy (non-hydrogen) atoms. The topological polar surface area (TPSA) is 75.3 Å². The van der Waals surface area contributed by atoms with Crippen LogP contribution in [0.2, 0.25) is 0 Å². The fraction of sp³-hybridized carbons (Fsp3) is 0.278. The molecule has 0 unspecified atom stereocenters. The maximum absolute atomic E-state index is 12.6. The van der Waals surface area contributed by atoms with Crippen LogP contribution in [-0.2, 0) is 16.4 Å². The van der Waals surface area contributed by atoms with Crippen LogP contribution < -0.4 is 10.0 Å². The number of aryl methyl sites for hydroxylation is 1. The van der Waals surface area contributed by atoms with Crippen molar-refractivity contribution in [1.29, 1.82) is 0 Å². The lowest BCUT2D eigenvalue weighted by Gasteiger charge is -2.26. The molecule has 6 heteroatoms. The Morgan fingerprint density at radius 1 is 1.12 bits per heavy atom. The number of hydrogen-bond acceptors (Lipinski definition) is 3. The summed E-state index contributed by atoms with van der Waals surface area (Å²) in [4.78, 5) is 12.6. The Hall–Kier alpha value is -2.34. The van der Waals surface area contributed by atoms with Gasteiger partial charge in [-0.3, -0.25) is 9.52 Å². The van der Waals surface area contributed by atoms with Crippen LogP contribution >= 0.6 is 0 Å². The second kappa shape index (κ2) is 6.65. The zero-order valence-electron chi connectivity index (χ0n) is 13.5. The van der Waals surface area contributed by atoms with Crippen LogP contribution in [-0.4, -0.2) is 20.6 Å². The first kappa shape index (κ1) is 16.5. The summed E-state index contributed by atoms with van der Waals surface area (Å²) in [5.41, 5.74) is 3.27. The van der Waals surface area contributed by atoms with E-state index < -0.39 is 10.0 Å². The Morgan fingerprint density at radius 2 is 1.92 bits per heavy atom. The fourth-order valence-electron chi connectivity index (χ4n) is 3.08. The van der Waals surface area contributed by atoms with E-state index in [1.807, 2.05) is 12.1 Å². The standard InChI is InChI=1S/C18H20N2O3S/c1-24(22,23)20-15-9-4-8-14(12-15)18(21)19-17-11-5-7-13-6-2-3-10-16(13)17/h2-4,6,8-10,12,17,20H,5,7,11H2,1H3,(H,19,21)/t17-/m0/s1. The quantitative estimate of drug-likeness (QED) is 0.895. The third kappa shape index (κ3) is 3.94. The third-order valence-electron chi connectivity index (χ3n) is 4.10. The van der Waals surface area contributed by atoms with Gasteiger partial charge in [0, 0.05) is 11.3 Å². The van der Waals surface area contributed by atoms with Gasteiger partial charge in [-0.1, -0.05) is 30.3 Å². The summed E-state index contributed by atoms with van der Waals surface area (Å²) in [6, 6.07) is 14.7. The number of benzene rings is 2. The molecule has 1 atom stereocenters. The molecule has 1 amide bonds. The minimum atomic E-state index is -3.37. The zero-order valence-corrected chi connectivity index (χ0v) is 14.3. The Labute approximate surface area is 142 Å². The lowest BCUT2D eigenvalue weighted by Crippen LogP contribution is -2.31. The summed E-state index contributed by atoms with van der Waals surface area (Å²) < 4.78 is 25.0. The van der Waals surface area contributed by atoms with E-state index in [2.05, 4.69) is 22.2 Å². The first-order valence-corrected chi connectivity index (χ1v) is 9.78. The molecule has 0 spiro atoms. The molecule has 2 aromatic carbocycles. The molecule has 0 radical (unpaired) electrons. The number of amides is 1. The van der Waals surface area contributed by atoms with E-state index in [1.165, 1.54) is 11.1 Å². The largest absolute Gasteiger partial charge is 0.345 e. The third-order valence-corrected chi connectivity index (χ3v) is 4.71. The molecule has 0 bridgehead atoms. The van der Waals surface area contributed by atoms with Gasteiger partial charge in [-0.2, -0.15) is 0 Å². The number of nitrogens with one attached hydrogen (secondary N) is 2. The van der Waals surface area contributed by atoms with Crippen molar-refractivity contribution in [2.75, 3.05) is 11.0 Å². The molecule has 2 N–H and O–H groups in total. The van der Waals surface area contributed by atoms with Gasteiger partial charge < -0.3 is 5.32 Å². The predicted molar refractivity (Wildman–Crippen MR) is 94.5 cm³/mol. The van der Waals surface area contributed by atoms with Crippen molar-refractivity contribution in [2.24, 2.45) is 0 Å². The highest BCUT2D eigenvalue weighted by Gasteiger charge is 2.22. The molecule has 1 aliphatic carbocycles. The summed E-state index contributed by atoms with van der Waals surface area (Å²) in [6.07, 6.45) is 4.07. The van der Waals surface area contributed by atoms with Gasteiger partial charge in [-0.25, -0.2) is 8.42 Å². The van der Waals surface area contributed by atoms with Gasteiger partial charge in [0.1, 0.15) is 0 Å². The molecule has 2 aromatic rings. The average Bonchev–Trinajstić information content (AvgIpc) is 2.54. The highest BCUT2D eigenvalue weighted by Crippen LogP contribution is 2.29. The Kier molecular flexibility index (Phi) is 4.57. The van der Waals surface area contributed by atoms with Crippen molar-refractivity contribution in [2.45, 2.75) is 25.3 Å². The van der Waals surface area contributed by atoms with Crippen LogP contribution in [0.15, 0.2) is 48.5 Å². The van der Waals surface area contributed by atoms with Crippen LogP contribution in [0.5, 0.6) is 0 Å². The van der Waals surface area contributed by atoms with E-state index in [0.29, 0.717) is 11.3 Å². The van der Waals surface area contributed by atoms with Crippen molar-refractivity contribution >= 4 is 21.6 Å². The first-order valence-electron chi connectivity index (χ1n) is 7.89. The second-order valence-electron chi connectivity index (χ2n) is 6.07. The first-order chi connectivity index (χ1) is 11.4. The van der Waals surface area contributed by atoms with Crippen molar-refractivity contribution in [3.05, 3.63) is 65.2 Å². The van der Waals surface area contributed by atoms with Gasteiger partial charge in [0.05, 0.1) is 12.3 Å². The van der Waals surface area contributed by atoms with E-state index in [1.54, 1.807) is 24.3 Å². The van der Waals surface area contributed by atoms with Crippen LogP contribution in [0.3, 0.4) is 0 Å². The minimum Gasteiger partial charge on any atom is -0.345 e. The number of carbonyl (C=O) groups is 1. The van der Waals surface area contributed by atoms with Gasteiger partial charge in [0.25, 0.3) is 5.91 Å². The summed E-state index contributed by atoms with van der Waals surface area (Å²) in [6.45, 7) is 0. The lowest BCUT2D eigenvalue weighted by atomic mass is 9.87. The number of carbonyl (C=O) groups excluding carboxylic acids is 1. The Bertz CT molecular complexity index is 862. The summed E-state index contributed by atoms with van der Waals surface area (Å²) in [7, 11) is -3.37. The minimum absolute atomic E-state index is 0.00558. The predicted octanol–water partition coefficient (Wildman–Crippen LogP) is 2.87. The molecule has 3 rings (SSSR count). The van der Waals surface area contributed by atoms with Gasteiger partial charge >= 0.3 is 0 Å². The van der Waals surface area contributed by atoms with Crippen molar-refractivity contribution in [3.63, 3.8) is 0 Å². The van der Waals surface area contributed by atoms with Crippen molar-refractivity contribution < 1.29 is 13.2 Å². The fourth-order valence-corrected chi connectivity index (χ4v) is 3.64. The highest BCUT2D eigenvalue weighted by molar-refractivity contribution is 7.92. The van der Waals surface area contributed by atoms with Gasteiger partial charge in [-0.05, 0) is 48.6 Å². The SMILES string of the molecule is CS(=O)(=O)Nc1cccc(C(=O)N[C@H]2CCCc3ccccc32)c1. The van der Waals surface area contributed by atoms with E-state index in [-0.39, 0.29) is 11.9 Å². The summed E-state index contributed by atoms with van der Waals surface area (Å²) in [5.74, 6) is -0.200. The molecule has 0 aliphatic heterocycles. The molecule has 126 valence electrons. The molecular weight excluding hydrogens is 324 g/mol. The maximum Gasteiger partial charge on any atom is 0.251 e. The van der Waals surface area contributed by atoms with Crippen molar-refractivity contribution in [1.82, 2.24) is 5.32 Å². The Balaban J connectivity index is 1.78. The van der Waals surface area contributed by atoms with Gasteiger partial charge in [0.15, 0.2) is 0 Å². The second-order valence-corrected chi connectivity index (χ2v) is 7.82. The smallest absolute Gasteiger partial charge is 0.251 e. The summed E-state index contributed by atoms with van der Waals surface area (Å²) >= 11 is 0. The van der Waals surface area contributed by atoms with Gasteiger partial charge in [-0.15, -0.1) is 0 Å². The zero-order chi connectivity index (χ0) is 17.2. The molecule has 0 fully saturated rings. The van der Waals surface area contributed by atoms with Gasteiger partial charge in [0.2, 0.25) is 10.0 Å². The highest BCUT2D eigenvalue weighted by atomic mass is 32.2. The van der Waals surface area contributed by atoms with E-state index in [4.69, 9.17) is 0 Å². The normalized spacial score (nSPS) is 17.0. The number of rotatable bonds is 4. The molecule has 5 nitrogen and oxygen atoms in total. The average molecular weight is 344 g/mol. The number of fused-ring (bicyclic) bond motifs is 1. The van der Waals surface area contributed by atoms with Crippen molar-refractivity contribution in [3.8, 4) is 0 Å². The van der Waals surface area contributed by atoms with E-state index >= 15 is 0 Å². The van der Waals surface area contributed by atoms with E-state index in [0.717, 1.165) is 25.5 Å². The number of anilines is 1. The maximum atomic E-state index is 12.6. The number of hydrogen-bond donors (Lipinski definition) is 2. The van der Waals surface area contributed by atoms with Crippen LogP contribution in [0.4, 0.5) is 5.69 Å². The molecular formula is C18H20N2O3S. The van der Waals surface area contributed by atoms with E-state index in [9.17, 15) is 13.2 Å². The molecule has 0 aromatic heterocycles. The molecule has 0 saturated carbocycles. The number of sulfonamides is 1. The van der Waals surface area contributed by atoms with Crippen LogP contribution in [0, 0.1) is 0 Å². The van der Waals surface area contributed by atoms with Crippen LogP contribution in [0.1, 0.15) is 40.4 Å².